The molecule has 3 rings (SSSR count). The molecule has 0 aliphatic rings. The van der Waals surface area contributed by atoms with Gasteiger partial charge in [-0.25, -0.2) is 8.42 Å². The molecule has 0 saturated heterocycles. The first kappa shape index (κ1) is 20.9. The zero-order valence-corrected chi connectivity index (χ0v) is 17.3. The Morgan fingerprint density at radius 3 is 2.52 bits per heavy atom. The van der Waals surface area contributed by atoms with E-state index in [1.807, 2.05) is 6.07 Å². The summed E-state index contributed by atoms with van der Waals surface area (Å²) in [5.74, 6) is -0.316. The first-order valence-corrected chi connectivity index (χ1v) is 11.2. The van der Waals surface area contributed by atoms with E-state index in [1.165, 1.54) is 4.57 Å². The Balaban J connectivity index is 1.52. The molecule has 29 heavy (non-hydrogen) atoms. The fourth-order valence-corrected chi connectivity index (χ4v) is 4.56. The third-order valence-corrected chi connectivity index (χ3v) is 6.61. The number of fused-ring (bicyclic) bond motifs is 1. The maximum absolute atomic E-state index is 12.5. The molecule has 1 amide bonds. The fourth-order valence-electron chi connectivity index (χ4n) is 2.94. The van der Waals surface area contributed by atoms with Gasteiger partial charge >= 0.3 is 0 Å². The van der Waals surface area contributed by atoms with Crippen LogP contribution in [0, 0.1) is 4.77 Å². The molecular weight excluding hydrogens is 410 g/mol. The normalized spacial score (nSPS) is 11.4. The summed E-state index contributed by atoms with van der Waals surface area (Å²) in [6.45, 7) is 0.386. The summed E-state index contributed by atoms with van der Waals surface area (Å²) in [7, 11) is -3.36. The molecule has 1 heterocycles. The van der Waals surface area contributed by atoms with Gasteiger partial charge < -0.3 is 10.3 Å². The van der Waals surface area contributed by atoms with E-state index in [0.717, 1.165) is 0 Å². The van der Waals surface area contributed by atoms with Gasteiger partial charge in [-0.1, -0.05) is 30.3 Å². The molecule has 152 valence electrons. The smallest absolute Gasteiger partial charge is 0.262 e. The van der Waals surface area contributed by atoms with Crippen molar-refractivity contribution >= 4 is 38.9 Å². The number of hydrogen-bond donors (Lipinski definition) is 2. The lowest BCUT2D eigenvalue weighted by atomic mass is 10.2. The second kappa shape index (κ2) is 9.15. The van der Waals surface area contributed by atoms with Crippen molar-refractivity contribution in [2.24, 2.45) is 0 Å². The van der Waals surface area contributed by atoms with E-state index in [-0.39, 0.29) is 46.4 Å². The van der Waals surface area contributed by atoms with Gasteiger partial charge in [0.15, 0.2) is 14.6 Å². The Labute approximate surface area is 173 Å². The van der Waals surface area contributed by atoms with E-state index in [9.17, 15) is 18.0 Å². The number of aromatic nitrogens is 2. The van der Waals surface area contributed by atoms with Crippen LogP contribution in [0.15, 0.2) is 64.3 Å². The Hall–Kier alpha value is -2.78. The molecule has 0 aliphatic carbocycles. The molecule has 2 N–H and O–H groups in total. The number of amides is 1. The Morgan fingerprint density at radius 1 is 1.07 bits per heavy atom. The molecule has 7 nitrogen and oxygen atoms in total. The van der Waals surface area contributed by atoms with Gasteiger partial charge in [-0.3, -0.25) is 14.2 Å². The number of sulfone groups is 1. The molecule has 1 aromatic heterocycles. The van der Waals surface area contributed by atoms with E-state index >= 15 is 0 Å². The maximum Gasteiger partial charge on any atom is 0.262 e. The molecule has 0 atom stereocenters. The second-order valence-corrected chi connectivity index (χ2v) is 9.01. The maximum atomic E-state index is 12.5. The Morgan fingerprint density at radius 2 is 1.76 bits per heavy atom. The number of H-pyrrole nitrogens is 1. The molecule has 0 bridgehead atoms. The zero-order chi connectivity index (χ0) is 20.9. The van der Waals surface area contributed by atoms with Crippen LogP contribution in [0.25, 0.3) is 10.9 Å². The lowest BCUT2D eigenvalue weighted by molar-refractivity contribution is -0.121. The molecule has 0 aliphatic heterocycles. The molecule has 2 aromatic carbocycles. The molecule has 0 fully saturated rings. The van der Waals surface area contributed by atoms with Crippen LogP contribution in [-0.4, -0.2) is 36.2 Å². The van der Waals surface area contributed by atoms with Gasteiger partial charge in [0.1, 0.15) is 0 Å². The van der Waals surface area contributed by atoms with Crippen molar-refractivity contribution in [2.45, 2.75) is 24.3 Å². The number of nitrogens with one attached hydrogen (secondary N) is 2. The summed E-state index contributed by atoms with van der Waals surface area (Å²) in [5, 5.41) is 3.20. The highest BCUT2D eigenvalue weighted by atomic mass is 32.2. The highest BCUT2D eigenvalue weighted by Crippen LogP contribution is 2.10. The van der Waals surface area contributed by atoms with Crippen molar-refractivity contribution < 1.29 is 13.2 Å². The van der Waals surface area contributed by atoms with Gasteiger partial charge in [-0.05, 0) is 42.9 Å². The molecule has 0 spiro atoms. The van der Waals surface area contributed by atoms with Gasteiger partial charge in [0.05, 0.1) is 21.6 Å². The molecule has 3 aromatic rings. The fraction of sp³-hybridized carbons (Fsp3) is 0.250. The number of rotatable bonds is 8. The second-order valence-electron chi connectivity index (χ2n) is 6.52. The first-order chi connectivity index (χ1) is 13.9. The van der Waals surface area contributed by atoms with Crippen LogP contribution in [0.2, 0.25) is 0 Å². The summed E-state index contributed by atoms with van der Waals surface area (Å²) < 4.78 is 26.0. The van der Waals surface area contributed by atoms with E-state index in [2.05, 4.69) is 10.3 Å². The third kappa shape index (κ3) is 5.18. The summed E-state index contributed by atoms with van der Waals surface area (Å²) in [4.78, 5) is 27.9. The Bertz CT molecular complexity index is 1230. The third-order valence-electron chi connectivity index (χ3n) is 4.47. The van der Waals surface area contributed by atoms with Crippen molar-refractivity contribution in [3.8, 4) is 0 Å². The van der Waals surface area contributed by atoms with Crippen molar-refractivity contribution in [3.05, 3.63) is 69.7 Å². The van der Waals surface area contributed by atoms with Crippen LogP contribution in [0.1, 0.15) is 12.8 Å². The van der Waals surface area contributed by atoms with Gasteiger partial charge in [0, 0.05) is 19.5 Å². The topological polar surface area (TPSA) is 101 Å². The molecule has 0 unspecified atom stereocenters. The van der Waals surface area contributed by atoms with Gasteiger partial charge in [-0.15, -0.1) is 0 Å². The number of benzene rings is 2. The van der Waals surface area contributed by atoms with Crippen LogP contribution >= 0.6 is 12.2 Å². The van der Waals surface area contributed by atoms with E-state index < -0.39 is 9.84 Å². The molecule has 0 saturated carbocycles. The summed E-state index contributed by atoms with van der Waals surface area (Å²) in [5.41, 5.74) is 0.411. The minimum Gasteiger partial charge on any atom is -0.356 e. The molecule has 0 radical (unpaired) electrons. The number of aromatic amines is 1. The summed E-state index contributed by atoms with van der Waals surface area (Å²) >= 11 is 5.22. The average molecular weight is 432 g/mol. The van der Waals surface area contributed by atoms with Crippen molar-refractivity contribution in [2.75, 3.05) is 12.3 Å². The number of nitrogens with zero attached hydrogens (tertiary/aromatic N) is 1. The predicted octanol–water partition coefficient (Wildman–Crippen LogP) is 2.43. The molecule has 9 heteroatoms. The minimum absolute atomic E-state index is 0.0489. The van der Waals surface area contributed by atoms with Gasteiger partial charge in [0.2, 0.25) is 5.91 Å². The SMILES string of the molecule is O=C(CCn1c(=S)[nH]c2ccccc2c1=O)NCCCS(=O)(=O)c1ccccc1. The largest absolute Gasteiger partial charge is 0.356 e. The highest BCUT2D eigenvalue weighted by molar-refractivity contribution is 7.91. The lowest BCUT2D eigenvalue weighted by Gasteiger charge is -2.09. The summed E-state index contributed by atoms with van der Waals surface area (Å²) in [6, 6.07) is 15.3. The summed E-state index contributed by atoms with van der Waals surface area (Å²) in [6.07, 6.45) is 0.375. The van der Waals surface area contributed by atoms with Crippen molar-refractivity contribution in [3.63, 3.8) is 0 Å². The zero-order valence-electron chi connectivity index (χ0n) is 15.6. The quantitative estimate of drug-likeness (QED) is 0.421. The standard InChI is InChI=1S/C20H21N3O4S2/c24-18(21-12-6-14-29(26,27)15-7-2-1-3-8-15)11-13-23-19(25)16-9-4-5-10-17(16)22-20(23)28/h1-5,7-10H,6,11-14H2,(H,21,24)(H,22,28). The van der Waals surface area contributed by atoms with Gasteiger partial charge in [0.25, 0.3) is 5.56 Å². The molecular formula is C20H21N3O4S2. The first-order valence-electron chi connectivity index (χ1n) is 9.15. The number of hydrogen-bond acceptors (Lipinski definition) is 5. The number of carbonyl (C=O) groups is 1. The van der Waals surface area contributed by atoms with Crippen LogP contribution in [0.4, 0.5) is 0 Å². The average Bonchev–Trinajstić information content (AvgIpc) is 2.72. The predicted molar refractivity (Wildman–Crippen MR) is 114 cm³/mol. The van der Waals surface area contributed by atoms with Gasteiger partial charge in [-0.2, -0.15) is 0 Å². The lowest BCUT2D eigenvalue weighted by Crippen LogP contribution is -2.29. The van der Waals surface area contributed by atoms with Crippen LogP contribution in [0.3, 0.4) is 0 Å². The van der Waals surface area contributed by atoms with E-state index in [0.29, 0.717) is 17.3 Å². The number of para-hydroxylation sites is 1. The Kier molecular flexibility index (Phi) is 6.60. The minimum atomic E-state index is -3.36. The van der Waals surface area contributed by atoms with Crippen LogP contribution in [0.5, 0.6) is 0 Å². The van der Waals surface area contributed by atoms with Crippen LogP contribution < -0.4 is 10.9 Å². The van der Waals surface area contributed by atoms with Crippen molar-refractivity contribution in [1.29, 1.82) is 0 Å². The van der Waals surface area contributed by atoms with E-state index in [1.54, 1.807) is 48.5 Å². The van der Waals surface area contributed by atoms with E-state index in [4.69, 9.17) is 12.2 Å². The highest BCUT2D eigenvalue weighted by Gasteiger charge is 2.13. The van der Waals surface area contributed by atoms with Crippen LogP contribution in [-0.2, 0) is 21.2 Å². The number of carbonyl (C=O) groups excluding carboxylic acids is 1. The monoisotopic (exact) mass is 431 g/mol. The van der Waals surface area contributed by atoms with Crippen molar-refractivity contribution in [1.82, 2.24) is 14.9 Å².